The molecule has 133 valence electrons. The van der Waals surface area contributed by atoms with Gasteiger partial charge in [0.2, 0.25) is 0 Å². The van der Waals surface area contributed by atoms with Crippen molar-refractivity contribution in [2.75, 3.05) is 0 Å². The number of hydrogen-bond acceptors (Lipinski definition) is 0. The Balaban J connectivity index is 0.00000242. The first-order valence-corrected chi connectivity index (χ1v) is 10.8. The molecule has 0 amide bonds. The molecule has 1 radical (unpaired) electrons. The van der Waals surface area contributed by atoms with Crippen LogP contribution in [0.2, 0.25) is 0 Å². The molecule has 2 aliphatic rings. The van der Waals surface area contributed by atoms with Crippen LogP contribution in [0.25, 0.3) is 0 Å². The van der Waals surface area contributed by atoms with Crippen molar-refractivity contribution in [2.45, 2.75) is 91.4 Å². The van der Waals surface area contributed by atoms with E-state index in [1.54, 1.807) is 0 Å². The van der Waals surface area contributed by atoms with Crippen molar-refractivity contribution in [1.82, 2.24) is 0 Å². The Hall–Kier alpha value is 1.05. The van der Waals surface area contributed by atoms with Crippen molar-refractivity contribution < 1.29 is 19.5 Å². The van der Waals surface area contributed by atoms with Crippen molar-refractivity contribution in [3.8, 4) is 0 Å². The van der Waals surface area contributed by atoms with Gasteiger partial charge in [-0.15, -0.1) is 8.58 Å². The van der Waals surface area contributed by atoms with Crippen LogP contribution in [0.3, 0.4) is 0 Å². The minimum Gasteiger partial charge on any atom is -0.115 e. The fraction of sp³-hybridized carbons (Fsp3) is 1.00. The molecule has 2 heteroatoms. The van der Waals surface area contributed by atoms with E-state index < -0.39 is 0 Å². The van der Waals surface area contributed by atoms with Gasteiger partial charge >= 0.3 is 0 Å². The first-order valence-electron chi connectivity index (χ1n) is 9.64. The number of hydrogen-bond donors (Lipinski definition) is 0. The molecular weight excluding hydrogens is 374 g/mol. The average molecular weight is 413 g/mol. The molecule has 22 heavy (non-hydrogen) atoms. The van der Waals surface area contributed by atoms with Gasteiger partial charge in [0.1, 0.15) is 0 Å². The Morgan fingerprint density at radius 1 is 0.682 bits per heavy atom. The fourth-order valence-corrected chi connectivity index (χ4v) is 8.29. The van der Waals surface area contributed by atoms with Crippen LogP contribution in [-0.4, -0.2) is 11.3 Å². The quantitative estimate of drug-likeness (QED) is 0.361. The topological polar surface area (TPSA) is 0 Å². The van der Waals surface area contributed by atoms with Crippen molar-refractivity contribution in [3.05, 3.63) is 0 Å². The second kappa shape index (κ2) is 9.51. The van der Waals surface area contributed by atoms with Gasteiger partial charge in [0, 0.05) is 19.5 Å². The van der Waals surface area contributed by atoms with Crippen LogP contribution in [0.4, 0.5) is 0 Å². The summed E-state index contributed by atoms with van der Waals surface area (Å²) in [5, 5.41) is 0. The molecular formula is C20H39PRh. The van der Waals surface area contributed by atoms with E-state index in [1.165, 1.54) is 47.1 Å². The van der Waals surface area contributed by atoms with Crippen LogP contribution < -0.4 is 0 Å². The van der Waals surface area contributed by atoms with Gasteiger partial charge in [-0.3, -0.25) is 0 Å². The van der Waals surface area contributed by atoms with Crippen molar-refractivity contribution in [1.29, 1.82) is 0 Å². The Morgan fingerprint density at radius 3 is 1.36 bits per heavy atom. The third-order valence-electron chi connectivity index (χ3n) is 6.47. The summed E-state index contributed by atoms with van der Waals surface area (Å²) in [7, 11) is 1.25. The monoisotopic (exact) mass is 413 g/mol. The molecule has 0 aromatic rings. The minimum absolute atomic E-state index is 0. The van der Waals surface area contributed by atoms with Gasteiger partial charge in [-0.05, 0) is 72.5 Å². The predicted octanol–water partition coefficient (Wildman–Crippen LogP) is 6.58. The van der Waals surface area contributed by atoms with Gasteiger partial charge in [0.05, 0.1) is 0 Å². The van der Waals surface area contributed by atoms with Crippen LogP contribution in [0.15, 0.2) is 0 Å². The number of rotatable bonds is 4. The first kappa shape index (κ1) is 21.1. The summed E-state index contributed by atoms with van der Waals surface area (Å²) >= 11 is 0. The molecule has 0 spiro atoms. The van der Waals surface area contributed by atoms with E-state index in [1.807, 2.05) is 0 Å². The van der Waals surface area contributed by atoms with E-state index in [4.69, 9.17) is 0 Å². The molecule has 0 heterocycles. The third-order valence-corrected chi connectivity index (χ3v) is 8.66. The molecule has 0 aliphatic heterocycles. The van der Waals surface area contributed by atoms with Gasteiger partial charge in [-0.1, -0.05) is 54.4 Å². The maximum atomic E-state index is 2.50. The van der Waals surface area contributed by atoms with Crippen LogP contribution in [0.5, 0.6) is 0 Å². The Morgan fingerprint density at radius 2 is 1.05 bits per heavy atom. The summed E-state index contributed by atoms with van der Waals surface area (Å²) < 4.78 is 0. The van der Waals surface area contributed by atoms with Gasteiger partial charge < -0.3 is 0 Å². The van der Waals surface area contributed by atoms with Gasteiger partial charge in [-0.2, -0.15) is 0 Å². The SMILES string of the molecule is CC1CCC(C(C)C)C(PC2CC(C)CCC2C(C)C)C1.[Rh]. The van der Waals surface area contributed by atoms with Crippen LogP contribution in [0.1, 0.15) is 80.1 Å². The zero-order chi connectivity index (χ0) is 15.6. The van der Waals surface area contributed by atoms with Crippen LogP contribution >= 0.6 is 8.58 Å². The summed E-state index contributed by atoms with van der Waals surface area (Å²) in [6, 6.07) is 0. The van der Waals surface area contributed by atoms with Crippen LogP contribution in [-0.2, 0) is 19.5 Å². The van der Waals surface area contributed by atoms with E-state index in [0.29, 0.717) is 0 Å². The predicted molar refractivity (Wildman–Crippen MR) is 98.6 cm³/mol. The molecule has 0 bridgehead atoms. The van der Waals surface area contributed by atoms with E-state index in [-0.39, 0.29) is 19.5 Å². The summed E-state index contributed by atoms with van der Waals surface area (Å²) in [6.45, 7) is 14.9. The summed E-state index contributed by atoms with van der Waals surface area (Å²) in [4.78, 5) is 0. The average Bonchev–Trinajstić information content (AvgIpc) is 2.38. The van der Waals surface area contributed by atoms with E-state index >= 15 is 0 Å². The normalized spacial score (nSPS) is 40.4. The molecule has 2 rings (SSSR count). The Kier molecular flexibility index (Phi) is 9.12. The standard InChI is InChI=1S/C20H39P.Rh/c1-13(2)17-9-7-15(5)11-19(17)21-20-12-16(6)8-10-18(20)14(3)4;/h13-21H,7-12H2,1-6H3;. The molecule has 6 atom stereocenters. The van der Waals surface area contributed by atoms with E-state index in [2.05, 4.69) is 41.5 Å². The van der Waals surface area contributed by atoms with E-state index in [9.17, 15) is 0 Å². The first-order chi connectivity index (χ1) is 9.88. The molecule has 0 nitrogen and oxygen atoms in total. The Bertz CT molecular complexity index is 285. The smallest absolute Gasteiger partial charge is 0 e. The van der Waals surface area contributed by atoms with Crippen molar-refractivity contribution in [3.63, 3.8) is 0 Å². The molecule has 0 aromatic carbocycles. The molecule has 6 unspecified atom stereocenters. The fourth-order valence-electron chi connectivity index (χ4n) is 5.06. The summed E-state index contributed by atoms with van der Waals surface area (Å²) in [6.07, 6.45) is 9.03. The minimum atomic E-state index is 0. The molecule has 2 saturated carbocycles. The summed E-state index contributed by atoms with van der Waals surface area (Å²) in [5.74, 6) is 5.79. The zero-order valence-corrected chi connectivity index (χ0v) is 18.3. The second-order valence-electron chi connectivity index (χ2n) is 9.03. The zero-order valence-electron chi connectivity index (χ0n) is 15.7. The second-order valence-corrected chi connectivity index (χ2v) is 10.8. The molecule has 0 N–H and O–H groups in total. The largest absolute Gasteiger partial charge is 0.115 e. The molecule has 0 aromatic heterocycles. The molecule has 2 aliphatic carbocycles. The van der Waals surface area contributed by atoms with Gasteiger partial charge in [-0.25, -0.2) is 0 Å². The summed E-state index contributed by atoms with van der Waals surface area (Å²) in [5.41, 5.74) is 2.09. The van der Waals surface area contributed by atoms with Crippen molar-refractivity contribution in [2.24, 2.45) is 35.5 Å². The van der Waals surface area contributed by atoms with Crippen LogP contribution in [0, 0.1) is 35.5 Å². The van der Waals surface area contributed by atoms with E-state index in [0.717, 1.165) is 46.8 Å². The maximum absolute atomic E-state index is 2.50. The van der Waals surface area contributed by atoms with Crippen molar-refractivity contribution >= 4 is 8.58 Å². The molecule has 2 fully saturated rings. The maximum Gasteiger partial charge on any atom is 0 e. The third kappa shape index (κ3) is 5.55. The molecule has 0 saturated heterocycles. The Labute approximate surface area is 154 Å². The van der Waals surface area contributed by atoms with Gasteiger partial charge in [0.25, 0.3) is 0 Å². The van der Waals surface area contributed by atoms with Gasteiger partial charge in [0.15, 0.2) is 0 Å².